The summed E-state index contributed by atoms with van der Waals surface area (Å²) in [6, 6.07) is 6.09. The number of unbranched alkanes of at least 4 members (excludes halogenated alkanes) is 14. The van der Waals surface area contributed by atoms with Crippen LogP contribution in [-0.4, -0.2) is 48.9 Å². The molecule has 0 unspecified atom stereocenters. The van der Waals surface area contributed by atoms with Gasteiger partial charge < -0.3 is 10.6 Å². The molecule has 0 bridgehead atoms. The Hall–Kier alpha value is -2.98. The van der Waals surface area contributed by atoms with Crippen molar-refractivity contribution in [1.82, 2.24) is 21.6 Å². The van der Waals surface area contributed by atoms with Crippen LogP contribution in [0.3, 0.4) is 0 Å². The Kier molecular flexibility index (Phi) is 25.8. The topological polar surface area (TPSA) is 135 Å². The van der Waals surface area contributed by atoms with E-state index >= 15 is 0 Å². The van der Waals surface area contributed by atoms with Gasteiger partial charge in [0.2, 0.25) is 0 Å². The molecule has 0 radical (unpaired) electrons. The average Bonchev–Trinajstić information content (AvgIpc) is 3.09. The van der Waals surface area contributed by atoms with E-state index in [1.807, 2.05) is 27.7 Å². The van der Waals surface area contributed by atoms with E-state index in [4.69, 9.17) is 9.68 Å². The van der Waals surface area contributed by atoms with Crippen molar-refractivity contribution in [3.63, 3.8) is 0 Å². The van der Waals surface area contributed by atoms with Crippen LogP contribution in [0, 0.1) is 11.8 Å². The van der Waals surface area contributed by atoms with Crippen molar-refractivity contribution < 1.29 is 28.9 Å². The Balaban J connectivity index is 2.58. The third kappa shape index (κ3) is 22.0. The van der Waals surface area contributed by atoms with Crippen molar-refractivity contribution in [3.8, 4) is 0 Å². The lowest BCUT2D eigenvalue weighted by Crippen LogP contribution is -2.42. The second-order valence-corrected chi connectivity index (χ2v) is 14.4. The molecule has 0 aliphatic heterocycles. The molecule has 10 nitrogen and oxygen atoms in total. The first kappa shape index (κ1) is 45.0. The molecule has 0 spiro atoms. The summed E-state index contributed by atoms with van der Waals surface area (Å²) in [6.07, 6.45) is 18.1. The number of amides is 4. The first-order valence-electron chi connectivity index (χ1n) is 19.7. The highest BCUT2D eigenvalue weighted by Gasteiger charge is 2.24. The number of carbonyl (C=O) groups excluding carboxylic acids is 4. The van der Waals surface area contributed by atoms with Gasteiger partial charge in [0.15, 0.2) is 12.2 Å². The van der Waals surface area contributed by atoms with Gasteiger partial charge in [-0.05, 0) is 55.7 Å². The van der Waals surface area contributed by atoms with Gasteiger partial charge in [-0.1, -0.05) is 138 Å². The van der Waals surface area contributed by atoms with Gasteiger partial charge >= 0.3 is 0 Å². The molecule has 0 heterocycles. The monoisotopic (exact) mass is 703 g/mol. The number of carbonyl (C=O) groups is 4. The number of hydroxylamine groups is 2. The van der Waals surface area contributed by atoms with Gasteiger partial charge in [0.1, 0.15) is 0 Å². The molecule has 1 aromatic rings. The average molecular weight is 703 g/mol. The quantitative estimate of drug-likeness (QED) is 0.0470. The summed E-state index contributed by atoms with van der Waals surface area (Å²) in [5, 5.41) is 5.89. The molecule has 4 N–H and O–H groups in total. The fourth-order valence-corrected chi connectivity index (χ4v) is 5.61. The number of rotatable bonds is 30. The molecular weight excluding hydrogens is 632 g/mol. The third-order valence-electron chi connectivity index (χ3n) is 8.59. The van der Waals surface area contributed by atoms with E-state index in [2.05, 4.69) is 35.4 Å². The van der Waals surface area contributed by atoms with E-state index < -0.39 is 24.0 Å². The summed E-state index contributed by atoms with van der Waals surface area (Å²) in [7, 11) is 0. The van der Waals surface area contributed by atoms with Crippen LogP contribution >= 0.6 is 0 Å². The minimum Gasteiger partial charge on any atom is -0.354 e. The maximum Gasteiger partial charge on any atom is 0.274 e. The van der Waals surface area contributed by atoms with Gasteiger partial charge in [-0.2, -0.15) is 0 Å². The molecule has 10 heteroatoms. The van der Waals surface area contributed by atoms with E-state index in [0.717, 1.165) is 38.5 Å². The standard InChI is InChI=1S/C40H70N4O6/c1-7-9-11-13-15-17-19-21-26-41-39(47)35(28-31(3)4)49-43-37(45)33-24-23-25-34(30-33)38(46)44-50-36(29-32(5)6)40(48)42-27-22-20-18-16-14-12-10-8-2/h23-25,30-32,35-36H,7-22,26-29H2,1-6H3,(H,41,47)(H,42,48)(H,43,45)(H,44,46)/t35-,36-/m1/s1. The summed E-state index contributed by atoms with van der Waals surface area (Å²) in [5.74, 6) is -1.34. The zero-order valence-corrected chi connectivity index (χ0v) is 32.2. The SMILES string of the molecule is CCCCCCCCCCNC(=O)[C@@H](CC(C)C)ONC(=O)c1cccc(C(=O)NO[C@H](CC(C)C)C(=O)NCCCCCCCCCC)c1. The molecule has 2 atom stereocenters. The summed E-state index contributed by atoms with van der Waals surface area (Å²) >= 11 is 0. The second kappa shape index (κ2) is 28.7. The molecule has 0 saturated heterocycles. The van der Waals surface area contributed by atoms with Gasteiger partial charge in [0.25, 0.3) is 23.6 Å². The molecule has 0 saturated carbocycles. The molecule has 0 fully saturated rings. The molecule has 4 amide bonds. The lowest BCUT2D eigenvalue weighted by atomic mass is 10.1. The summed E-state index contributed by atoms with van der Waals surface area (Å²) in [4.78, 5) is 62.9. The smallest absolute Gasteiger partial charge is 0.274 e. The van der Waals surface area contributed by atoms with Crippen molar-refractivity contribution in [3.05, 3.63) is 35.4 Å². The predicted octanol–water partition coefficient (Wildman–Crippen LogP) is 8.35. The first-order chi connectivity index (χ1) is 24.1. The van der Waals surface area contributed by atoms with Gasteiger partial charge in [0.05, 0.1) is 0 Å². The third-order valence-corrected chi connectivity index (χ3v) is 8.59. The van der Waals surface area contributed by atoms with Crippen molar-refractivity contribution in [2.75, 3.05) is 13.1 Å². The molecule has 286 valence electrons. The van der Waals surface area contributed by atoms with Crippen LogP contribution in [0.15, 0.2) is 24.3 Å². The number of hydrogen-bond donors (Lipinski definition) is 4. The van der Waals surface area contributed by atoms with Gasteiger partial charge in [0, 0.05) is 24.2 Å². The van der Waals surface area contributed by atoms with Gasteiger partial charge in [-0.15, -0.1) is 0 Å². The largest absolute Gasteiger partial charge is 0.354 e. The highest BCUT2D eigenvalue weighted by molar-refractivity contribution is 5.99. The van der Waals surface area contributed by atoms with Crippen LogP contribution in [-0.2, 0) is 19.3 Å². The molecule has 0 aliphatic carbocycles. The highest BCUT2D eigenvalue weighted by Crippen LogP contribution is 2.13. The van der Waals surface area contributed by atoms with Crippen molar-refractivity contribution in [2.24, 2.45) is 11.8 Å². The number of nitrogens with one attached hydrogen (secondary N) is 4. The maximum atomic E-state index is 13.0. The van der Waals surface area contributed by atoms with E-state index in [9.17, 15) is 19.2 Å². The van der Waals surface area contributed by atoms with Crippen molar-refractivity contribution in [1.29, 1.82) is 0 Å². The van der Waals surface area contributed by atoms with Crippen LogP contribution in [0.2, 0.25) is 0 Å². The fraction of sp³-hybridized carbons (Fsp3) is 0.750. The van der Waals surface area contributed by atoms with Gasteiger partial charge in [-0.25, -0.2) is 11.0 Å². The first-order valence-corrected chi connectivity index (χ1v) is 19.7. The van der Waals surface area contributed by atoms with E-state index in [1.165, 1.54) is 70.3 Å². The van der Waals surface area contributed by atoms with Gasteiger partial charge in [-0.3, -0.25) is 28.9 Å². The van der Waals surface area contributed by atoms with Crippen LogP contribution in [0.1, 0.15) is 178 Å². The summed E-state index contributed by atoms with van der Waals surface area (Å²) < 4.78 is 0. The molecule has 0 aliphatic rings. The second-order valence-electron chi connectivity index (χ2n) is 14.4. The Morgan fingerprint density at radius 3 is 1.22 bits per heavy atom. The Morgan fingerprint density at radius 2 is 0.880 bits per heavy atom. The zero-order chi connectivity index (χ0) is 37.0. The Labute approximate surface area is 303 Å². The zero-order valence-electron chi connectivity index (χ0n) is 32.2. The molecule has 0 aromatic heterocycles. The fourth-order valence-electron chi connectivity index (χ4n) is 5.61. The lowest BCUT2D eigenvalue weighted by Gasteiger charge is -2.20. The number of hydrogen-bond acceptors (Lipinski definition) is 6. The molecule has 1 aromatic carbocycles. The summed E-state index contributed by atoms with van der Waals surface area (Å²) in [5.41, 5.74) is 5.17. The van der Waals surface area contributed by atoms with Crippen molar-refractivity contribution in [2.45, 2.75) is 169 Å². The Bertz CT molecular complexity index is 1000. The normalized spacial score (nSPS) is 12.5. The number of benzene rings is 1. The predicted molar refractivity (Wildman–Crippen MR) is 201 cm³/mol. The van der Waals surface area contributed by atoms with Crippen LogP contribution in [0.4, 0.5) is 0 Å². The van der Waals surface area contributed by atoms with Crippen LogP contribution in [0.25, 0.3) is 0 Å². The van der Waals surface area contributed by atoms with Crippen LogP contribution in [0.5, 0.6) is 0 Å². The minimum atomic E-state index is -0.840. The maximum absolute atomic E-state index is 13.0. The summed E-state index contributed by atoms with van der Waals surface area (Å²) in [6.45, 7) is 13.5. The minimum absolute atomic E-state index is 0.171. The molecule has 50 heavy (non-hydrogen) atoms. The Morgan fingerprint density at radius 1 is 0.540 bits per heavy atom. The molecule has 1 rings (SSSR count). The molecular formula is C40H70N4O6. The van der Waals surface area contributed by atoms with E-state index in [0.29, 0.717) is 25.9 Å². The van der Waals surface area contributed by atoms with Crippen LogP contribution < -0.4 is 21.6 Å². The lowest BCUT2D eigenvalue weighted by molar-refractivity contribution is -0.138. The van der Waals surface area contributed by atoms with Crippen molar-refractivity contribution >= 4 is 23.6 Å². The van der Waals surface area contributed by atoms with E-state index in [1.54, 1.807) is 18.2 Å². The van der Waals surface area contributed by atoms with E-state index in [-0.39, 0.29) is 34.8 Å². The highest BCUT2D eigenvalue weighted by atomic mass is 16.7.